The van der Waals surface area contributed by atoms with Crippen LogP contribution in [0.1, 0.15) is 20.8 Å². The molecule has 0 aliphatic rings. The predicted molar refractivity (Wildman–Crippen MR) is 107 cm³/mol. The molecule has 2 aromatic carbocycles. The van der Waals surface area contributed by atoms with E-state index in [4.69, 9.17) is 0 Å². The Balaban J connectivity index is 2.09. The highest BCUT2D eigenvalue weighted by Gasteiger charge is 2.29. The topological polar surface area (TPSA) is 117 Å². The Hall–Kier alpha value is -3.24. The van der Waals surface area contributed by atoms with E-state index in [0.717, 1.165) is 21.9 Å². The monoisotopic (exact) mass is 417 g/mol. The smallest absolute Gasteiger partial charge is 0.357 e. The van der Waals surface area contributed by atoms with E-state index in [9.17, 15) is 23.1 Å². The second-order valence-corrected chi connectivity index (χ2v) is 8.34. The molecule has 3 rings (SSSR count). The van der Waals surface area contributed by atoms with Gasteiger partial charge in [0.1, 0.15) is 5.00 Å². The molecule has 28 heavy (non-hydrogen) atoms. The van der Waals surface area contributed by atoms with Gasteiger partial charge in [-0.05, 0) is 24.3 Å². The van der Waals surface area contributed by atoms with Gasteiger partial charge in [-0.15, -0.1) is 11.3 Å². The lowest BCUT2D eigenvalue weighted by Gasteiger charge is -2.23. The highest BCUT2D eigenvalue weighted by Crippen LogP contribution is 2.38. The maximum absolute atomic E-state index is 12.5. The number of carboxylic acid groups (broad SMARTS) is 1. The Morgan fingerprint density at radius 3 is 2.36 bits per heavy atom. The van der Waals surface area contributed by atoms with Crippen LogP contribution >= 0.6 is 11.3 Å². The molecule has 3 aromatic rings. The first kappa shape index (κ1) is 19.5. The van der Waals surface area contributed by atoms with Crippen LogP contribution in [0.4, 0.5) is 16.4 Å². The number of sulfonamides is 1. The third kappa shape index (κ3) is 4.02. The number of benzene rings is 2. The number of amides is 1. The number of hydrogen-bond donors (Lipinski definition) is 2. The number of nitrogens with zero attached hydrogens (tertiary/aromatic N) is 2. The minimum absolute atomic E-state index is 0.0728. The number of para-hydroxylation sites is 2. The van der Waals surface area contributed by atoms with E-state index in [1.807, 2.05) is 0 Å². The number of rotatable bonds is 6. The van der Waals surface area contributed by atoms with Crippen molar-refractivity contribution < 1.29 is 23.1 Å². The summed E-state index contributed by atoms with van der Waals surface area (Å²) in [4.78, 5) is 27.7. The van der Waals surface area contributed by atoms with Gasteiger partial charge in [0.25, 0.3) is 5.91 Å². The van der Waals surface area contributed by atoms with Gasteiger partial charge >= 0.3 is 5.97 Å². The van der Waals surface area contributed by atoms with Crippen molar-refractivity contribution in [1.29, 1.82) is 0 Å². The second-order valence-electron chi connectivity index (χ2n) is 5.68. The number of carboxylic acids is 1. The van der Waals surface area contributed by atoms with Gasteiger partial charge < -0.3 is 10.4 Å². The molecule has 0 saturated carbocycles. The van der Waals surface area contributed by atoms with Crippen LogP contribution in [-0.4, -0.2) is 36.6 Å². The molecule has 1 aromatic heterocycles. The summed E-state index contributed by atoms with van der Waals surface area (Å²) in [6.07, 6.45) is 0.953. The Morgan fingerprint density at radius 1 is 1.07 bits per heavy atom. The zero-order chi connectivity index (χ0) is 20.3. The maximum atomic E-state index is 12.5. The third-order valence-electron chi connectivity index (χ3n) is 3.67. The molecule has 1 heterocycles. The molecular formula is C18H15N3O5S2. The summed E-state index contributed by atoms with van der Waals surface area (Å²) in [7, 11) is -3.93. The predicted octanol–water partition coefficient (Wildman–Crippen LogP) is 3.19. The molecule has 0 aliphatic carbocycles. The minimum Gasteiger partial charge on any atom is -0.476 e. The summed E-state index contributed by atoms with van der Waals surface area (Å²) in [6, 6.07) is 14.7. The Kier molecular flexibility index (Phi) is 5.43. The van der Waals surface area contributed by atoms with Crippen LogP contribution in [0.15, 0.2) is 60.1 Å². The molecule has 0 radical (unpaired) electrons. The van der Waals surface area contributed by atoms with E-state index >= 15 is 0 Å². The number of carbonyl (C=O) groups excluding carboxylic acids is 1. The lowest BCUT2D eigenvalue weighted by atomic mass is 10.2. The number of nitrogens with one attached hydrogen (secondary N) is 1. The van der Waals surface area contributed by atoms with Crippen molar-refractivity contribution >= 4 is 49.6 Å². The van der Waals surface area contributed by atoms with Crippen molar-refractivity contribution in [3.8, 4) is 0 Å². The van der Waals surface area contributed by atoms with E-state index in [1.54, 1.807) is 42.5 Å². The van der Waals surface area contributed by atoms with E-state index in [-0.39, 0.29) is 22.1 Å². The molecule has 2 N–H and O–H groups in total. The Bertz CT molecular complexity index is 1130. The largest absolute Gasteiger partial charge is 0.476 e. The number of anilines is 3. The van der Waals surface area contributed by atoms with Crippen LogP contribution in [0.5, 0.6) is 0 Å². The lowest BCUT2D eigenvalue weighted by Crippen LogP contribution is -2.27. The van der Waals surface area contributed by atoms with E-state index in [2.05, 4.69) is 10.3 Å². The lowest BCUT2D eigenvalue weighted by molar-refractivity contribution is 0.0692. The van der Waals surface area contributed by atoms with Crippen LogP contribution in [0, 0.1) is 0 Å². The fourth-order valence-corrected chi connectivity index (χ4v) is 4.65. The minimum atomic E-state index is -3.93. The normalized spacial score (nSPS) is 11.0. The molecule has 0 fully saturated rings. The molecule has 0 unspecified atom stereocenters. The van der Waals surface area contributed by atoms with Crippen molar-refractivity contribution in [2.75, 3.05) is 15.9 Å². The average Bonchev–Trinajstić information content (AvgIpc) is 3.12. The third-order valence-corrected chi connectivity index (χ3v) is 5.64. The summed E-state index contributed by atoms with van der Waals surface area (Å²) >= 11 is 0.874. The molecule has 144 valence electrons. The molecular weight excluding hydrogens is 402 g/mol. The van der Waals surface area contributed by atoms with Crippen LogP contribution in [-0.2, 0) is 10.0 Å². The van der Waals surface area contributed by atoms with Gasteiger partial charge in [-0.25, -0.2) is 22.5 Å². The average molecular weight is 417 g/mol. The first-order chi connectivity index (χ1) is 13.3. The van der Waals surface area contributed by atoms with E-state index < -0.39 is 21.9 Å². The van der Waals surface area contributed by atoms with Gasteiger partial charge in [-0.3, -0.25) is 4.79 Å². The molecule has 0 saturated heterocycles. The molecule has 1 amide bonds. The molecule has 0 bridgehead atoms. The standard InChI is InChI=1S/C18H15N3O5S2/c1-28(25,26)21(17-15(18(23)24)19-11-27-17)14-10-6-5-9-13(14)20-16(22)12-7-3-2-4-8-12/h2-11H,1H3,(H,20,22)(H,23,24). The van der Waals surface area contributed by atoms with Gasteiger partial charge in [0, 0.05) is 5.56 Å². The molecule has 10 heteroatoms. The molecule has 8 nitrogen and oxygen atoms in total. The summed E-state index contributed by atoms with van der Waals surface area (Å²) < 4.78 is 25.9. The zero-order valence-corrected chi connectivity index (χ0v) is 16.2. The Morgan fingerprint density at radius 2 is 1.71 bits per heavy atom. The van der Waals surface area contributed by atoms with Gasteiger partial charge in [-0.2, -0.15) is 0 Å². The first-order valence-corrected chi connectivity index (χ1v) is 10.6. The Labute approximate surface area is 165 Å². The number of carbonyl (C=O) groups is 2. The van der Waals surface area contributed by atoms with Crippen molar-refractivity contribution in [2.24, 2.45) is 0 Å². The zero-order valence-electron chi connectivity index (χ0n) is 14.6. The van der Waals surface area contributed by atoms with Gasteiger partial charge in [0.2, 0.25) is 10.0 Å². The number of aromatic carboxylic acids is 1. The van der Waals surface area contributed by atoms with Gasteiger partial charge in [0.15, 0.2) is 5.69 Å². The highest BCUT2D eigenvalue weighted by molar-refractivity contribution is 7.92. The molecule has 0 spiro atoms. The molecule has 0 aliphatic heterocycles. The summed E-state index contributed by atoms with van der Waals surface area (Å²) in [5, 5.41) is 11.9. The number of thiazole rings is 1. The summed E-state index contributed by atoms with van der Waals surface area (Å²) in [6.45, 7) is 0. The van der Waals surface area contributed by atoms with Crippen molar-refractivity contribution in [1.82, 2.24) is 4.98 Å². The van der Waals surface area contributed by atoms with Crippen LogP contribution < -0.4 is 9.62 Å². The van der Waals surface area contributed by atoms with E-state index in [0.29, 0.717) is 5.56 Å². The number of aromatic nitrogens is 1. The highest BCUT2D eigenvalue weighted by atomic mass is 32.2. The van der Waals surface area contributed by atoms with Gasteiger partial charge in [0.05, 0.1) is 23.1 Å². The molecule has 0 atom stereocenters. The van der Waals surface area contributed by atoms with Crippen LogP contribution in [0.2, 0.25) is 0 Å². The quantitative estimate of drug-likeness (QED) is 0.636. The van der Waals surface area contributed by atoms with Crippen molar-refractivity contribution in [3.05, 3.63) is 71.4 Å². The fourth-order valence-electron chi connectivity index (χ4n) is 2.51. The maximum Gasteiger partial charge on any atom is 0.357 e. The fraction of sp³-hybridized carbons (Fsp3) is 0.0556. The first-order valence-electron chi connectivity index (χ1n) is 7.91. The van der Waals surface area contributed by atoms with Crippen molar-refractivity contribution in [3.63, 3.8) is 0 Å². The van der Waals surface area contributed by atoms with Crippen LogP contribution in [0.25, 0.3) is 0 Å². The van der Waals surface area contributed by atoms with Gasteiger partial charge in [-0.1, -0.05) is 30.3 Å². The van der Waals surface area contributed by atoms with Crippen LogP contribution in [0.3, 0.4) is 0 Å². The van der Waals surface area contributed by atoms with E-state index in [1.165, 1.54) is 17.6 Å². The summed E-state index contributed by atoms with van der Waals surface area (Å²) in [5.41, 5.74) is 1.58. The SMILES string of the molecule is CS(=O)(=O)N(c1ccccc1NC(=O)c1ccccc1)c1scnc1C(=O)O. The summed E-state index contributed by atoms with van der Waals surface area (Å²) in [5.74, 6) is -1.78. The van der Waals surface area contributed by atoms with Crippen molar-refractivity contribution in [2.45, 2.75) is 0 Å². The number of hydrogen-bond acceptors (Lipinski definition) is 6. The second kappa shape index (κ2) is 7.79.